The molecule has 1 aromatic heterocycles. The molecular formula is C17H16ClN4O2S+. The van der Waals surface area contributed by atoms with E-state index < -0.39 is 0 Å². The van der Waals surface area contributed by atoms with Crippen molar-refractivity contribution >= 4 is 35.0 Å². The van der Waals surface area contributed by atoms with Crippen LogP contribution in [0.15, 0.2) is 60.0 Å². The fourth-order valence-corrected chi connectivity index (χ4v) is 3.13. The van der Waals surface area contributed by atoms with Crippen molar-refractivity contribution in [2.24, 2.45) is 0 Å². The van der Waals surface area contributed by atoms with Gasteiger partial charge < -0.3 is 10.1 Å². The molecule has 0 aliphatic heterocycles. The van der Waals surface area contributed by atoms with Crippen molar-refractivity contribution in [3.05, 3.63) is 59.9 Å². The number of methoxy groups -OCH3 is 1. The van der Waals surface area contributed by atoms with E-state index in [4.69, 9.17) is 16.3 Å². The van der Waals surface area contributed by atoms with Crippen LogP contribution in [0.25, 0.3) is 5.69 Å². The van der Waals surface area contributed by atoms with Gasteiger partial charge in [0.25, 0.3) is 0 Å². The first-order chi connectivity index (χ1) is 12.2. The van der Waals surface area contributed by atoms with E-state index in [0.717, 1.165) is 5.69 Å². The summed E-state index contributed by atoms with van der Waals surface area (Å²) in [7, 11) is 1.54. The Labute approximate surface area is 154 Å². The molecule has 0 aliphatic carbocycles. The average Bonchev–Trinajstić information content (AvgIpc) is 3.09. The number of aromatic nitrogens is 3. The number of para-hydroxylation sites is 1. The number of ether oxygens (including phenoxy) is 1. The van der Waals surface area contributed by atoms with Crippen molar-refractivity contribution in [1.29, 1.82) is 0 Å². The smallest absolute Gasteiger partial charge is 0.385 e. The molecule has 0 fully saturated rings. The number of nitrogens with zero attached hydrogens (tertiary/aromatic N) is 2. The van der Waals surface area contributed by atoms with Gasteiger partial charge in [-0.15, -0.1) is 4.68 Å². The van der Waals surface area contributed by atoms with E-state index in [2.05, 4.69) is 15.4 Å². The maximum atomic E-state index is 12.3. The molecule has 0 aliphatic rings. The second-order valence-electron chi connectivity index (χ2n) is 5.02. The quantitative estimate of drug-likeness (QED) is 0.513. The number of benzene rings is 2. The Morgan fingerprint density at radius 2 is 2.12 bits per heavy atom. The number of aromatic amines is 1. The first kappa shape index (κ1) is 17.3. The monoisotopic (exact) mass is 375 g/mol. The molecule has 0 saturated carbocycles. The summed E-state index contributed by atoms with van der Waals surface area (Å²) in [5.41, 5.74) is 1.48. The van der Waals surface area contributed by atoms with Crippen molar-refractivity contribution in [2.45, 2.75) is 5.16 Å². The Kier molecular flexibility index (Phi) is 5.57. The molecule has 1 amide bonds. The van der Waals surface area contributed by atoms with Gasteiger partial charge in [0.2, 0.25) is 12.2 Å². The van der Waals surface area contributed by atoms with Crippen LogP contribution in [0.3, 0.4) is 0 Å². The summed E-state index contributed by atoms with van der Waals surface area (Å²) in [6.07, 6.45) is 1.59. The second kappa shape index (κ2) is 8.04. The number of thioether (sulfide) groups is 1. The number of rotatable bonds is 6. The molecule has 6 nitrogen and oxygen atoms in total. The summed E-state index contributed by atoms with van der Waals surface area (Å²) >= 11 is 7.30. The first-order valence-corrected chi connectivity index (χ1v) is 8.81. The standard InChI is InChI=1S/C17H15ClN4O2S/c1-24-15-8-7-12(18)9-14(15)21-16(23)10-25-17-19-11-20-22(17)13-5-3-2-4-6-13/h2-9,11H,10H2,1H3,(H,21,23)/p+1. The molecule has 0 saturated heterocycles. The maximum Gasteiger partial charge on any atom is 0.385 e. The zero-order valence-electron chi connectivity index (χ0n) is 13.4. The third-order valence-corrected chi connectivity index (χ3v) is 4.52. The largest absolute Gasteiger partial charge is 0.495 e. The van der Waals surface area contributed by atoms with Gasteiger partial charge in [-0.05, 0) is 47.1 Å². The van der Waals surface area contributed by atoms with Crippen molar-refractivity contribution in [1.82, 2.24) is 10.1 Å². The van der Waals surface area contributed by atoms with E-state index in [1.165, 1.54) is 11.8 Å². The second-order valence-corrected chi connectivity index (χ2v) is 6.40. The van der Waals surface area contributed by atoms with Gasteiger partial charge in [-0.25, -0.2) is 0 Å². The SMILES string of the molecule is COc1ccc(Cl)cc1NC(=O)CSc1nc[nH][n+]1-c1ccccc1. The van der Waals surface area contributed by atoms with Crippen molar-refractivity contribution < 1.29 is 14.2 Å². The normalized spacial score (nSPS) is 10.5. The van der Waals surface area contributed by atoms with Gasteiger partial charge in [-0.3, -0.25) is 4.79 Å². The minimum absolute atomic E-state index is 0.173. The van der Waals surface area contributed by atoms with Crippen LogP contribution in [-0.2, 0) is 4.79 Å². The van der Waals surface area contributed by atoms with E-state index in [0.29, 0.717) is 21.6 Å². The zero-order chi connectivity index (χ0) is 17.6. The molecule has 0 radical (unpaired) electrons. The van der Waals surface area contributed by atoms with Crippen LogP contribution in [0.4, 0.5) is 5.69 Å². The highest BCUT2D eigenvalue weighted by atomic mass is 35.5. The summed E-state index contributed by atoms with van der Waals surface area (Å²) in [5.74, 6) is 0.586. The molecule has 25 heavy (non-hydrogen) atoms. The summed E-state index contributed by atoms with van der Waals surface area (Å²) < 4.78 is 7.04. The molecule has 3 rings (SSSR count). The predicted molar refractivity (Wildman–Crippen MR) is 97.5 cm³/mol. The van der Waals surface area contributed by atoms with Crippen LogP contribution in [0.5, 0.6) is 5.75 Å². The third kappa shape index (κ3) is 4.32. The minimum Gasteiger partial charge on any atom is -0.495 e. The van der Waals surface area contributed by atoms with Gasteiger partial charge in [-0.2, -0.15) is 5.10 Å². The number of H-pyrrole nitrogens is 1. The molecule has 128 valence electrons. The van der Waals surface area contributed by atoms with Crippen LogP contribution in [0.1, 0.15) is 0 Å². The molecule has 0 spiro atoms. The third-order valence-electron chi connectivity index (χ3n) is 3.34. The molecule has 3 aromatic rings. The molecule has 8 heteroatoms. The fraction of sp³-hybridized carbons (Fsp3) is 0.118. The van der Waals surface area contributed by atoms with Crippen LogP contribution >= 0.6 is 23.4 Å². The molecule has 2 N–H and O–H groups in total. The maximum absolute atomic E-state index is 12.3. The number of nitrogens with one attached hydrogen (secondary N) is 2. The number of hydrogen-bond donors (Lipinski definition) is 2. The van der Waals surface area contributed by atoms with Gasteiger partial charge in [0.1, 0.15) is 5.75 Å². The molecule has 1 heterocycles. The number of carbonyl (C=O) groups excluding carboxylic acids is 1. The van der Waals surface area contributed by atoms with Gasteiger partial charge in [-0.1, -0.05) is 29.8 Å². The van der Waals surface area contributed by atoms with Crippen molar-refractivity contribution in [3.63, 3.8) is 0 Å². The van der Waals surface area contributed by atoms with E-state index in [1.54, 1.807) is 31.6 Å². The molecular weight excluding hydrogens is 360 g/mol. The van der Waals surface area contributed by atoms with Crippen LogP contribution in [-0.4, -0.2) is 28.9 Å². The van der Waals surface area contributed by atoms with Crippen LogP contribution in [0.2, 0.25) is 5.02 Å². The molecule has 0 atom stereocenters. The Hall–Kier alpha value is -2.51. The van der Waals surface area contributed by atoms with E-state index >= 15 is 0 Å². The van der Waals surface area contributed by atoms with E-state index in [1.807, 2.05) is 35.0 Å². The summed E-state index contributed by atoms with van der Waals surface area (Å²) in [5, 5.41) is 7.06. The lowest BCUT2D eigenvalue weighted by molar-refractivity contribution is -0.694. The first-order valence-electron chi connectivity index (χ1n) is 7.44. The van der Waals surface area contributed by atoms with Crippen LogP contribution in [0, 0.1) is 0 Å². The topological polar surface area (TPSA) is 70.9 Å². The lowest BCUT2D eigenvalue weighted by Gasteiger charge is -2.09. The lowest BCUT2D eigenvalue weighted by Crippen LogP contribution is -2.35. The summed E-state index contributed by atoms with van der Waals surface area (Å²) in [4.78, 5) is 16.5. The Morgan fingerprint density at radius 3 is 2.88 bits per heavy atom. The average molecular weight is 376 g/mol. The van der Waals surface area contributed by atoms with Gasteiger partial charge >= 0.3 is 5.16 Å². The van der Waals surface area contributed by atoms with Gasteiger partial charge in [0, 0.05) is 5.02 Å². The number of hydrogen-bond acceptors (Lipinski definition) is 4. The predicted octanol–water partition coefficient (Wildman–Crippen LogP) is 3.08. The Morgan fingerprint density at radius 1 is 1.32 bits per heavy atom. The number of halogens is 1. The molecule has 0 bridgehead atoms. The highest BCUT2D eigenvalue weighted by molar-refractivity contribution is 7.99. The lowest BCUT2D eigenvalue weighted by atomic mass is 10.3. The zero-order valence-corrected chi connectivity index (χ0v) is 15.0. The highest BCUT2D eigenvalue weighted by Crippen LogP contribution is 2.27. The molecule has 2 aromatic carbocycles. The highest BCUT2D eigenvalue weighted by Gasteiger charge is 2.19. The minimum atomic E-state index is -0.173. The number of amides is 1. The van der Waals surface area contributed by atoms with Gasteiger partial charge in [0.05, 0.1) is 18.6 Å². The van der Waals surface area contributed by atoms with Crippen LogP contribution < -0.4 is 14.7 Å². The van der Waals surface area contributed by atoms with Crippen molar-refractivity contribution in [3.8, 4) is 11.4 Å². The molecule has 0 unspecified atom stereocenters. The number of anilines is 1. The van der Waals surface area contributed by atoms with E-state index in [9.17, 15) is 4.79 Å². The Bertz CT molecular complexity index is 870. The van der Waals surface area contributed by atoms with E-state index in [-0.39, 0.29) is 11.7 Å². The summed E-state index contributed by atoms with van der Waals surface area (Å²) in [6.45, 7) is 0. The number of carbonyl (C=O) groups is 1. The summed E-state index contributed by atoms with van der Waals surface area (Å²) in [6, 6.07) is 14.8. The van der Waals surface area contributed by atoms with Gasteiger partial charge in [0.15, 0.2) is 5.69 Å². The fourth-order valence-electron chi connectivity index (χ4n) is 2.21. The Balaban J connectivity index is 1.66. The van der Waals surface area contributed by atoms with Crippen molar-refractivity contribution in [2.75, 3.05) is 18.2 Å².